The summed E-state index contributed by atoms with van der Waals surface area (Å²) in [5, 5.41) is 12.7. The smallest absolute Gasteiger partial charge is 0.154 e. The number of aromatic nitrogens is 1. The van der Waals surface area contributed by atoms with E-state index >= 15 is 0 Å². The van der Waals surface area contributed by atoms with Crippen molar-refractivity contribution in [3.8, 4) is 0 Å². The molecule has 0 amide bonds. The van der Waals surface area contributed by atoms with Crippen molar-refractivity contribution < 1.29 is 9.63 Å². The molecular formula is C10H16N2O2. The minimum atomic E-state index is -0.0393. The van der Waals surface area contributed by atoms with Gasteiger partial charge in [0.15, 0.2) is 5.76 Å². The number of hydrogen-bond donors (Lipinski definition) is 1. The van der Waals surface area contributed by atoms with Crippen LogP contribution in [-0.4, -0.2) is 28.3 Å². The Hall–Kier alpha value is -0.870. The number of likely N-dealkylation sites (tertiary alicyclic amines) is 1. The zero-order chi connectivity index (χ0) is 9.97. The molecule has 1 fully saturated rings. The van der Waals surface area contributed by atoms with Crippen molar-refractivity contribution in [2.45, 2.75) is 32.4 Å². The van der Waals surface area contributed by atoms with Crippen molar-refractivity contribution >= 4 is 0 Å². The highest BCUT2D eigenvalue weighted by Gasteiger charge is 2.27. The fourth-order valence-corrected chi connectivity index (χ4v) is 2.09. The summed E-state index contributed by atoms with van der Waals surface area (Å²) in [6.45, 7) is 4.29. The van der Waals surface area contributed by atoms with Crippen LogP contribution in [0.3, 0.4) is 0 Å². The van der Waals surface area contributed by atoms with Gasteiger partial charge in [0.25, 0.3) is 0 Å². The van der Waals surface area contributed by atoms with Crippen LogP contribution in [0.4, 0.5) is 0 Å². The Balaban J connectivity index is 2.13. The molecule has 1 aliphatic heterocycles. The van der Waals surface area contributed by atoms with Gasteiger partial charge in [0.05, 0.1) is 12.6 Å². The highest BCUT2D eigenvalue weighted by Crippen LogP contribution is 2.31. The van der Waals surface area contributed by atoms with Crippen LogP contribution in [0.1, 0.15) is 37.3 Å². The van der Waals surface area contributed by atoms with Crippen molar-refractivity contribution in [1.82, 2.24) is 10.1 Å². The summed E-state index contributed by atoms with van der Waals surface area (Å²) in [7, 11) is 0. The lowest BCUT2D eigenvalue weighted by Crippen LogP contribution is -2.22. The second-order valence-corrected chi connectivity index (χ2v) is 3.67. The summed E-state index contributed by atoms with van der Waals surface area (Å²) in [5.41, 5.74) is 0.628. The number of aliphatic hydroxyl groups is 1. The standard InChI is InChI=1S/C10H16N2O2/c1-2-12-5-3-4-9(12)10-6-8(7-13)11-14-10/h6,9,13H,2-5,7H2,1H3. The third-order valence-electron chi connectivity index (χ3n) is 2.84. The summed E-state index contributed by atoms with van der Waals surface area (Å²) in [5.74, 6) is 0.897. The average molecular weight is 196 g/mol. The van der Waals surface area contributed by atoms with Gasteiger partial charge in [-0.1, -0.05) is 12.1 Å². The highest BCUT2D eigenvalue weighted by atomic mass is 16.5. The van der Waals surface area contributed by atoms with E-state index in [4.69, 9.17) is 9.63 Å². The van der Waals surface area contributed by atoms with Gasteiger partial charge in [0.2, 0.25) is 0 Å². The molecule has 4 nitrogen and oxygen atoms in total. The predicted molar refractivity (Wildman–Crippen MR) is 51.6 cm³/mol. The zero-order valence-electron chi connectivity index (χ0n) is 8.44. The Bertz CT molecular complexity index is 298. The molecule has 0 radical (unpaired) electrons. The molecule has 2 rings (SSSR count). The van der Waals surface area contributed by atoms with Gasteiger partial charge in [-0.3, -0.25) is 4.90 Å². The van der Waals surface area contributed by atoms with Gasteiger partial charge in [0, 0.05) is 6.07 Å². The normalized spacial score (nSPS) is 23.1. The SMILES string of the molecule is CCN1CCCC1c1cc(CO)no1. The zero-order valence-corrected chi connectivity index (χ0v) is 8.44. The first-order chi connectivity index (χ1) is 6.85. The monoisotopic (exact) mass is 196 g/mol. The van der Waals surface area contributed by atoms with Gasteiger partial charge in [0.1, 0.15) is 5.69 Å². The molecule has 1 unspecified atom stereocenters. The Morgan fingerprint density at radius 1 is 1.71 bits per heavy atom. The van der Waals surface area contributed by atoms with Crippen LogP contribution in [0.5, 0.6) is 0 Å². The highest BCUT2D eigenvalue weighted by molar-refractivity contribution is 5.10. The van der Waals surface area contributed by atoms with E-state index in [2.05, 4.69) is 17.0 Å². The van der Waals surface area contributed by atoms with Crippen molar-refractivity contribution in [2.24, 2.45) is 0 Å². The Morgan fingerprint density at radius 2 is 2.57 bits per heavy atom. The van der Waals surface area contributed by atoms with E-state index in [1.807, 2.05) is 6.07 Å². The summed E-state index contributed by atoms with van der Waals surface area (Å²) in [6, 6.07) is 2.23. The lowest BCUT2D eigenvalue weighted by molar-refractivity contribution is 0.219. The van der Waals surface area contributed by atoms with Crippen LogP contribution in [0.15, 0.2) is 10.6 Å². The predicted octanol–water partition coefficient (Wildman–Crippen LogP) is 1.32. The Labute approximate surface area is 83.5 Å². The van der Waals surface area contributed by atoms with Crippen molar-refractivity contribution in [3.05, 3.63) is 17.5 Å². The molecule has 1 N–H and O–H groups in total. The first-order valence-electron chi connectivity index (χ1n) is 5.15. The van der Waals surface area contributed by atoms with Crippen LogP contribution in [0.25, 0.3) is 0 Å². The molecule has 0 saturated carbocycles. The van der Waals surface area contributed by atoms with E-state index in [-0.39, 0.29) is 6.61 Å². The number of nitrogens with zero attached hydrogens (tertiary/aromatic N) is 2. The van der Waals surface area contributed by atoms with Crippen molar-refractivity contribution in [3.63, 3.8) is 0 Å². The quantitative estimate of drug-likeness (QED) is 0.792. The third kappa shape index (κ3) is 1.67. The summed E-state index contributed by atoms with van der Waals surface area (Å²) < 4.78 is 5.22. The van der Waals surface area contributed by atoms with Crippen LogP contribution < -0.4 is 0 Å². The van der Waals surface area contributed by atoms with Crippen LogP contribution in [0.2, 0.25) is 0 Å². The molecule has 14 heavy (non-hydrogen) atoms. The maximum atomic E-state index is 8.88. The fraction of sp³-hybridized carbons (Fsp3) is 0.700. The van der Waals surface area contributed by atoms with Gasteiger partial charge in [-0.2, -0.15) is 0 Å². The Kier molecular flexibility index (Phi) is 2.84. The van der Waals surface area contributed by atoms with Crippen LogP contribution >= 0.6 is 0 Å². The van der Waals surface area contributed by atoms with Gasteiger partial charge >= 0.3 is 0 Å². The molecule has 1 aliphatic rings. The topological polar surface area (TPSA) is 49.5 Å². The van der Waals surface area contributed by atoms with E-state index in [1.54, 1.807) is 0 Å². The number of rotatable bonds is 3. The van der Waals surface area contributed by atoms with E-state index in [9.17, 15) is 0 Å². The molecule has 2 heterocycles. The summed E-state index contributed by atoms with van der Waals surface area (Å²) in [4.78, 5) is 2.38. The lowest BCUT2D eigenvalue weighted by atomic mass is 10.1. The van der Waals surface area contributed by atoms with E-state index in [1.165, 1.54) is 6.42 Å². The number of hydrogen-bond acceptors (Lipinski definition) is 4. The summed E-state index contributed by atoms with van der Waals surface area (Å²) in [6.07, 6.45) is 2.35. The second-order valence-electron chi connectivity index (χ2n) is 3.67. The molecule has 78 valence electrons. The largest absolute Gasteiger partial charge is 0.390 e. The maximum Gasteiger partial charge on any atom is 0.154 e. The third-order valence-corrected chi connectivity index (χ3v) is 2.84. The van der Waals surface area contributed by atoms with Gasteiger partial charge in [-0.15, -0.1) is 0 Å². The van der Waals surface area contributed by atoms with Crippen LogP contribution in [-0.2, 0) is 6.61 Å². The molecule has 1 saturated heterocycles. The van der Waals surface area contributed by atoms with Gasteiger partial charge < -0.3 is 9.63 Å². The van der Waals surface area contributed by atoms with Gasteiger partial charge in [-0.25, -0.2) is 0 Å². The average Bonchev–Trinajstić information content (AvgIpc) is 2.85. The second kappa shape index (κ2) is 4.11. The molecule has 0 aliphatic carbocycles. The molecule has 4 heteroatoms. The van der Waals surface area contributed by atoms with E-state index in [0.29, 0.717) is 11.7 Å². The molecule has 1 aromatic heterocycles. The minimum absolute atomic E-state index is 0.0393. The lowest BCUT2D eigenvalue weighted by Gasteiger charge is -2.19. The first-order valence-corrected chi connectivity index (χ1v) is 5.15. The fourth-order valence-electron chi connectivity index (χ4n) is 2.09. The molecule has 0 spiro atoms. The molecule has 1 aromatic rings. The molecule has 1 atom stereocenters. The van der Waals surface area contributed by atoms with Crippen molar-refractivity contribution in [1.29, 1.82) is 0 Å². The molecular weight excluding hydrogens is 180 g/mol. The Morgan fingerprint density at radius 3 is 3.21 bits per heavy atom. The molecule has 0 bridgehead atoms. The van der Waals surface area contributed by atoms with E-state index in [0.717, 1.165) is 25.3 Å². The van der Waals surface area contributed by atoms with E-state index < -0.39 is 0 Å². The summed E-state index contributed by atoms with van der Waals surface area (Å²) >= 11 is 0. The minimum Gasteiger partial charge on any atom is -0.390 e. The number of aliphatic hydroxyl groups excluding tert-OH is 1. The first kappa shape index (κ1) is 9.68. The van der Waals surface area contributed by atoms with Gasteiger partial charge in [-0.05, 0) is 25.9 Å². The van der Waals surface area contributed by atoms with Crippen LogP contribution in [0, 0.1) is 0 Å². The van der Waals surface area contributed by atoms with Crippen molar-refractivity contribution in [2.75, 3.05) is 13.1 Å². The maximum absolute atomic E-state index is 8.88. The molecule has 0 aromatic carbocycles.